The van der Waals surface area contributed by atoms with Crippen molar-refractivity contribution in [2.24, 2.45) is 5.73 Å². The molecule has 2 N–H and O–H groups in total. The van der Waals surface area contributed by atoms with Crippen molar-refractivity contribution in [2.75, 3.05) is 19.8 Å². The Morgan fingerprint density at radius 1 is 1.23 bits per heavy atom. The van der Waals surface area contributed by atoms with Crippen LogP contribution < -0.4 is 5.73 Å². The van der Waals surface area contributed by atoms with E-state index < -0.39 is 10.2 Å². The zero-order valence-corrected chi connectivity index (χ0v) is 7.04. The fourth-order valence-electron chi connectivity index (χ4n) is 0.233. The van der Waals surface area contributed by atoms with E-state index in [2.05, 4.69) is 9.68 Å². The first-order chi connectivity index (χ1) is 6.04. The minimum atomic E-state index is -0.868. The summed E-state index contributed by atoms with van der Waals surface area (Å²) in [5, 5.41) is 16.8. The average Bonchev–Trinajstić information content (AvgIpc) is 2.01. The van der Waals surface area contributed by atoms with Crippen LogP contribution >= 0.6 is 0 Å². The molecule has 78 valence electrons. The first-order valence-electron chi connectivity index (χ1n) is 3.29. The van der Waals surface area contributed by atoms with Gasteiger partial charge in [-0.1, -0.05) is 0 Å². The van der Waals surface area contributed by atoms with E-state index in [-0.39, 0.29) is 19.8 Å². The Kier molecular flexibility index (Phi) is 11.1. The van der Waals surface area contributed by atoms with Crippen LogP contribution in [0.4, 0.5) is 0 Å². The van der Waals surface area contributed by atoms with Crippen molar-refractivity contribution < 1.29 is 19.8 Å². The van der Waals surface area contributed by atoms with Crippen LogP contribution in [-0.4, -0.2) is 29.9 Å². The molecule has 0 aromatic carbocycles. The van der Waals surface area contributed by atoms with Gasteiger partial charge in [-0.3, -0.25) is 0 Å². The second-order valence-electron chi connectivity index (χ2n) is 1.49. The number of nitrogens with two attached hydrogens (primary N) is 1. The van der Waals surface area contributed by atoms with Crippen molar-refractivity contribution in [3.8, 4) is 0 Å². The molecule has 0 bridgehead atoms. The molecule has 0 aromatic rings. The highest BCUT2D eigenvalue weighted by Gasteiger charge is 1.87. The zero-order valence-electron chi connectivity index (χ0n) is 7.04. The Labute approximate surface area is 73.6 Å². The summed E-state index contributed by atoms with van der Waals surface area (Å²) >= 11 is 0. The molecule has 0 atom stereocenters. The number of hydrogen-bond donors (Lipinski definition) is 1. The molecule has 0 heterocycles. The van der Waals surface area contributed by atoms with Crippen molar-refractivity contribution in [3.05, 3.63) is 20.2 Å². The number of nitrogens with zero attached hydrogens (tertiary/aromatic N) is 2. The molecule has 0 saturated heterocycles. The largest absolute Gasteiger partial charge is 0.329 e. The third-order valence-electron chi connectivity index (χ3n) is 0.549. The molecule has 0 radical (unpaired) electrons. The predicted molar refractivity (Wildman–Crippen MR) is 40.6 cm³/mol. The highest BCUT2D eigenvalue weighted by Crippen LogP contribution is 1.68. The Morgan fingerprint density at radius 3 is 1.77 bits per heavy atom. The fraction of sp³-hybridized carbons (Fsp3) is 1.00. The SMILES string of the molecule is CCO[N+](=O)[O-].NCCO[N+](=O)[O-]. The lowest BCUT2D eigenvalue weighted by atomic mass is 10.8. The van der Waals surface area contributed by atoms with Crippen LogP contribution in [0.5, 0.6) is 0 Å². The zero-order chi connectivity index (χ0) is 10.7. The van der Waals surface area contributed by atoms with E-state index in [1.54, 1.807) is 6.92 Å². The Morgan fingerprint density at radius 2 is 1.69 bits per heavy atom. The summed E-state index contributed by atoms with van der Waals surface area (Å²) in [6, 6.07) is 0. The first-order valence-corrected chi connectivity index (χ1v) is 3.29. The summed E-state index contributed by atoms with van der Waals surface area (Å²) < 4.78 is 0. The van der Waals surface area contributed by atoms with E-state index in [9.17, 15) is 20.2 Å². The molecular weight excluding hydrogens is 186 g/mol. The molecule has 0 amide bonds. The van der Waals surface area contributed by atoms with Gasteiger partial charge in [0, 0.05) is 6.54 Å². The Balaban J connectivity index is 0. The lowest BCUT2D eigenvalue weighted by molar-refractivity contribution is -0.757. The van der Waals surface area contributed by atoms with Crippen molar-refractivity contribution in [3.63, 3.8) is 0 Å². The second-order valence-corrected chi connectivity index (χ2v) is 1.49. The van der Waals surface area contributed by atoms with Gasteiger partial charge in [0.1, 0.15) is 6.61 Å². The third kappa shape index (κ3) is 25.2. The molecule has 0 aliphatic carbocycles. The minimum Gasteiger partial charge on any atom is -0.329 e. The third-order valence-corrected chi connectivity index (χ3v) is 0.549. The molecule has 0 spiro atoms. The molecular formula is C4H11N3O6. The maximum Gasteiger partial charge on any atom is 0.294 e. The number of hydrogen-bond acceptors (Lipinski definition) is 7. The minimum absolute atomic E-state index is 0.0208. The van der Waals surface area contributed by atoms with Crippen molar-refractivity contribution in [2.45, 2.75) is 6.92 Å². The van der Waals surface area contributed by atoms with Gasteiger partial charge < -0.3 is 15.4 Å². The monoisotopic (exact) mass is 197 g/mol. The summed E-state index contributed by atoms with van der Waals surface area (Å²) in [5.74, 6) is 0. The molecule has 0 fully saturated rings. The van der Waals surface area contributed by atoms with Crippen LogP contribution in [0, 0.1) is 20.2 Å². The normalized spacial score (nSPS) is 7.85. The highest BCUT2D eigenvalue weighted by molar-refractivity contribution is 4.20. The molecule has 9 nitrogen and oxygen atoms in total. The molecule has 9 heteroatoms. The molecule has 0 saturated carbocycles. The summed E-state index contributed by atoms with van der Waals surface area (Å²) in [6.45, 7) is 1.85. The van der Waals surface area contributed by atoms with Crippen LogP contribution in [0.15, 0.2) is 0 Å². The van der Waals surface area contributed by atoms with Gasteiger partial charge in [-0.15, -0.1) is 20.2 Å². The summed E-state index contributed by atoms with van der Waals surface area (Å²) in [6.07, 6.45) is 0. The Hall–Kier alpha value is -1.64. The van der Waals surface area contributed by atoms with Gasteiger partial charge in [0.15, 0.2) is 0 Å². The molecule has 0 unspecified atom stereocenters. The first kappa shape index (κ1) is 13.9. The van der Waals surface area contributed by atoms with E-state index in [0.29, 0.717) is 0 Å². The van der Waals surface area contributed by atoms with Crippen LogP contribution in [-0.2, 0) is 9.68 Å². The van der Waals surface area contributed by atoms with Crippen LogP contribution in [0.2, 0.25) is 0 Å². The molecule has 0 aromatic heterocycles. The maximum atomic E-state index is 9.29. The Bertz CT molecular complexity index is 151. The van der Waals surface area contributed by atoms with Gasteiger partial charge in [0.05, 0.1) is 6.61 Å². The van der Waals surface area contributed by atoms with Crippen LogP contribution in [0.1, 0.15) is 6.92 Å². The molecule has 0 aliphatic heterocycles. The summed E-state index contributed by atoms with van der Waals surface area (Å²) in [4.78, 5) is 26.0. The highest BCUT2D eigenvalue weighted by atomic mass is 17.0. The van der Waals surface area contributed by atoms with Crippen LogP contribution in [0.25, 0.3) is 0 Å². The van der Waals surface area contributed by atoms with E-state index in [1.165, 1.54) is 0 Å². The van der Waals surface area contributed by atoms with Crippen molar-refractivity contribution >= 4 is 0 Å². The van der Waals surface area contributed by atoms with Gasteiger partial charge in [0.2, 0.25) is 0 Å². The lowest BCUT2D eigenvalue weighted by Crippen LogP contribution is -2.11. The summed E-state index contributed by atoms with van der Waals surface area (Å²) in [7, 11) is 0. The molecule has 13 heavy (non-hydrogen) atoms. The summed E-state index contributed by atoms with van der Waals surface area (Å²) in [5.41, 5.74) is 4.85. The smallest absolute Gasteiger partial charge is 0.294 e. The molecule has 0 rings (SSSR count). The fourth-order valence-corrected chi connectivity index (χ4v) is 0.233. The number of rotatable bonds is 5. The predicted octanol–water partition coefficient (Wildman–Crippen LogP) is -0.632. The lowest BCUT2D eigenvalue weighted by Gasteiger charge is -1.89. The average molecular weight is 197 g/mol. The quantitative estimate of drug-likeness (QED) is 0.458. The topological polar surface area (TPSA) is 131 Å². The van der Waals surface area contributed by atoms with Crippen molar-refractivity contribution in [1.82, 2.24) is 0 Å². The second kappa shape index (κ2) is 10.4. The van der Waals surface area contributed by atoms with Gasteiger partial charge >= 0.3 is 0 Å². The van der Waals surface area contributed by atoms with Gasteiger partial charge in [-0.25, -0.2) is 0 Å². The molecule has 0 aliphatic rings. The maximum absolute atomic E-state index is 9.29. The van der Waals surface area contributed by atoms with Gasteiger partial charge in [0.25, 0.3) is 10.2 Å². The standard InChI is InChI=1S/C2H6N2O3.C2H5NO3/c3-1-2-7-4(5)6;1-2-6-3(4)5/h1-3H2;2H2,1H3. The van der Waals surface area contributed by atoms with Gasteiger partial charge in [-0.2, -0.15) is 0 Å². The van der Waals surface area contributed by atoms with E-state index in [0.717, 1.165) is 0 Å². The van der Waals surface area contributed by atoms with Crippen LogP contribution in [0.3, 0.4) is 0 Å². The van der Waals surface area contributed by atoms with E-state index in [1.807, 2.05) is 0 Å². The van der Waals surface area contributed by atoms with E-state index in [4.69, 9.17) is 5.73 Å². The van der Waals surface area contributed by atoms with E-state index >= 15 is 0 Å². The van der Waals surface area contributed by atoms with Crippen molar-refractivity contribution in [1.29, 1.82) is 0 Å². The van der Waals surface area contributed by atoms with Gasteiger partial charge in [-0.05, 0) is 6.92 Å².